The normalized spacial score (nSPS) is 15.7. The largest absolute Gasteiger partial charge is 0.489 e. The molecule has 172 valence electrons. The van der Waals surface area contributed by atoms with Gasteiger partial charge in [-0.15, -0.1) is 0 Å². The van der Waals surface area contributed by atoms with E-state index in [0.29, 0.717) is 13.0 Å². The number of nitrogens with two attached hydrogens (primary N) is 1. The highest BCUT2D eigenvalue weighted by Crippen LogP contribution is 2.16. The Kier molecular flexibility index (Phi) is 8.12. The molecule has 5 nitrogen and oxygen atoms in total. The van der Waals surface area contributed by atoms with Gasteiger partial charge >= 0.3 is 0 Å². The van der Waals surface area contributed by atoms with Gasteiger partial charge in [0.05, 0.1) is 6.04 Å². The molecule has 3 aromatic rings. The summed E-state index contributed by atoms with van der Waals surface area (Å²) in [7, 11) is 0. The third-order valence-corrected chi connectivity index (χ3v) is 6.15. The Balaban J connectivity index is 1.18. The smallest absolute Gasteiger partial charge is 0.237 e. The SMILES string of the molecule is N[C@@H](Cc1ccc(OCc2ccccc2)cc1)C(=O)NC1CCN(Cc2ccccc2)CC1. The van der Waals surface area contributed by atoms with E-state index in [-0.39, 0.29) is 11.9 Å². The summed E-state index contributed by atoms with van der Waals surface area (Å²) in [6.45, 7) is 3.47. The molecule has 0 radical (unpaired) electrons. The first kappa shape index (κ1) is 23.0. The maximum absolute atomic E-state index is 12.6. The van der Waals surface area contributed by atoms with Crippen LogP contribution in [0, 0.1) is 0 Å². The maximum atomic E-state index is 12.6. The van der Waals surface area contributed by atoms with Crippen molar-refractivity contribution in [1.29, 1.82) is 0 Å². The number of likely N-dealkylation sites (tertiary alicyclic amines) is 1. The minimum absolute atomic E-state index is 0.0686. The van der Waals surface area contributed by atoms with Crippen LogP contribution in [0.15, 0.2) is 84.9 Å². The first-order valence-electron chi connectivity index (χ1n) is 11.7. The lowest BCUT2D eigenvalue weighted by molar-refractivity contribution is -0.123. The zero-order valence-corrected chi connectivity index (χ0v) is 19.0. The molecule has 0 aromatic heterocycles. The van der Waals surface area contributed by atoms with Gasteiger partial charge in [-0.1, -0.05) is 72.8 Å². The Labute approximate surface area is 196 Å². The molecule has 1 aliphatic heterocycles. The Morgan fingerprint density at radius 3 is 2.12 bits per heavy atom. The van der Waals surface area contributed by atoms with Gasteiger partial charge in [-0.3, -0.25) is 9.69 Å². The minimum Gasteiger partial charge on any atom is -0.489 e. The summed E-state index contributed by atoms with van der Waals surface area (Å²) in [4.78, 5) is 15.1. The third kappa shape index (κ3) is 7.17. The molecule has 0 bridgehead atoms. The summed E-state index contributed by atoms with van der Waals surface area (Å²) in [5.41, 5.74) is 9.71. The monoisotopic (exact) mass is 443 g/mol. The molecular weight excluding hydrogens is 410 g/mol. The van der Waals surface area contributed by atoms with Crippen molar-refractivity contribution < 1.29 is 9.53 Å². The molecule has 1 fully saturated rings. The molecule has 1 amide bonds. The molecule has 1 saturated heterocycles. The van der Waals surface area contributed by atoms with Crippen molar-refractivity contribution in [3.05, 3.63) is 102 Å². The van der Waals surface area contributed by atoms with Gasteiger partial charge in [0.1, 0.15) is 12.4 Å². The fraction of sp³-hybridized carbons (Fsp3) is 0.321. The van der Waals surface area contributed by atoms with Gasteiger partial charge in [0.25, 0.3) is 0 Å². The zero-order valence-electron chi connectivity index (χ0n) is 19.0. The number of piperidine rings is 1. The fourth-order valence-corrected chi connectivity index (χ4v) is 4.19. The zero-order chi connectivity index (χ0) is 22.9. The summed E-state index contributed by atoms with van der Waals surface area (Å²) in [6, 6.07) is 28.1. The number of hydrogen-bond donors (Lipinski definition) is 2. The van der Waals surface area contributed by atoms with Crippen LogP contribution < -0.4 is 15.8 Å². The molecule has 1 heterocycles. The van der Waals surface area contributed by atoms with Crippen LogP contribution in [-0.2, 0) is 24.4 Å². The molecule has 1 atom stereocenters. The average molecular weight is 444 g/mol. The molecule has 0 spiro atoms. The molecule has 33 heavy (non-hydrogen) atoms. The Bertz CT molecular complexity index is 985. The van der Waals surface area contributed by atoms with E-state index in [2.05, 4.69) is 34.5 Å². The van der Waals surface area contributed by atoms with Crippen molar-refractivity contribution in [3.63, 3.8) is 0 Å². The van der Waals surface area contributed by atoms with E-state index in [4.69, 9.17) is 10.5 Å². The van der Waals surface area contributed by atoms with Crippen molar-refractivity contribution in [2.45, 2.75) is 44.5 Å². The second-order valence-corrected chi connectivity index (χ2v) is 8.77. The number of carbonyl (C=O) groups excluding carboxylic acids is 1. The van der Waals surface area contributed by atoms with E-state index in [1.54, 1.807) is 0 Å². The molecule has 3 N–H and O–H groups in total. The highest BCUT2D eigenvalue weighted by Gasteiger charge is 2.23. The molecule has 0 unspecified atom stereocenters. The Hall–Kier alpha value is -3.15. The van der Waals surface area contributed by atoms with E-state index in [1.165, 1.54) is 5.56 Å². The molecule has 0 saturated carbocycles. The van der Waals surface area contributed by atoms with Gasteiger partial charge in [0.15, 0.2) is 0 Å². The predicted molar refractivity (Wildman–Crippen MR) is 132 cm³/mol. The lowest BCUT2D eigenvalue weighted by Gasteiger charge is -2.32. The topological polar surface area (TPSA) is 67.6 Å². The van der Waals surface area contributed by atoms with Crippen molar-refractivity contribution in [2.24, 2.45) is 5.73 Å². The first-order chi connectivity index (χ1) is 16.2. The molecule has 1 aliphatic rings. The van der Waals surface area contributed by atoms with E-state index in [1.807, 2.05) is 60.7 Å². The Morgan fingerprint density at radius 1 is 0.879 bits per heavy atom. The van der Waals surface area contributed by atoms with Crippen molar-refractivity contribution >= 4 is 5.91 Å². The maximum Gasteiger partial charge on any atom is 0.237 e. The highest BCUT2D eigenvalue weighted by atomic mass is 16.5. The van der Waals surface area contributed by atoms with E-state index in [9.17, 15) is 4.79 Å². The van der Waals surface area contributed by atoms with Gasteiger partial charge in [-0.05, 0) is 48.1 Å². The van der Waals surface area contributed by atoms with Crippen LogP contribution in [0.4, 0.5) is 0 Å². The van der Waals surface area contributed by atoms with Crippen LogP contribution in [0.3, 0.4) is 0 Å². The second-order valence-electron chi connectivity index (χ2n) is 8.77. The van der Waals surface area contributed by atoms with E-state index >= 15 is 0 Å². The van der Waals surface area contributed by atoms with Crippen molar-refractivity contribution in [1.82, 2.24) is 10.2 Å². The van der Waals surface area contributed by atoms with Gasteiger partial charge in [-0.2, -0.15) is 0 Å². The average Bonchev–Trinajstić information content (AvgIpc) is 2.86. The number of amides is 1. The van der Waals surface area contributed by atoms with E-state index in [0.717, 1.165) is 49.4 Å². The predicted octanol–water partition coefficient (Wildman–Crippen LogP) is 3.92. The summed E-state index contributed by atoms with van der Waals surface area (Å²) < 4.78 is 5.83. The quantitative estimate of drug-likeness (QED) is 0.526. The summed E-state index contributed by atoms with van der Waals surface area (Å²) in [5.74, 6) is 0.740. The van der Waals surface area contributed by atoms with Crippen LogP contribution in [0.2, 0.25) is 0 Å². The van der Waals surface area contributed by atoms with Gasteiger partial charge in [-0.25, -0.2) is 0 Å². The second kappa shape index (κ2) is 11.6. The number of benzene rings is 3. The van der Waals surface area contributed by atoms with Crippen molar-refractivity contribution in [3.8, 4) is 5.75 Å². The number of rotatable bonds is 9. The van der Waals surface area contributed by atoms with E-state index < -0.39 is 6.04 Å². The number of carbonyl (C=O) groups is 1. The van der Waals surface area contributed by atoms with Gasteiger partial charge in [0.2, 0.25) is 5.91 Å². The molecular formula is C28H33N3O2. The van der Waals surface area contributed by atoms with Crippen LogP contribution in [0.25, 0.3) is 0 Å². The summed E-state index contributed by atoms with van der Waals surface area (Å²) in [6.07, 6.45) is 2.43. The number of hydrogen-bond acceptors (Lipinski definition) is 4. The fourth-order valence-electron chi connectivity index (χ4n) is 4.19. The number of nitrogens with one attached hydrogen (secondary N) is 1. The standard InChI is InChI=1S/C28H33N3O2/c29-27(19-22-11-13-26(14-12-22)33-21-24-9-5-2-6-10-24)28(32)30-25-15-17-31(18-16-25)20-23-7-3-1-4-8-23/h1-14,25,27H,15-21,29H2,(H,30,32)/t27-/m0/s1. The van der Waals surface area contributed by atoms with Crippen LogP contribution in [0.5, 0.6) is 5.75 Å². The van der Waals surface area contributed by atoms with Crippen LogP contribution in [-0.4, -0.2) is 36.0 Å². The lowest BCUT2D eigenvalue weighted by Crippen LogP contribution is -2.50. The first-order valence-corrected chi connectivity index (χ1v) is 11.7. The highest BCUT2D eigenvalue weighted by molar-refractivity contribution is 5.82. The third-order valence-electron chi connectivity index (χ3n) is 6.15. The molecule has 3 aromatic carbocycles. The lowest BCUT2D eigenvalue weighted by atomic mass is 10.0. The molecule has 4 rings (SSSR count). The molecule has 0 aliphatic carbocycles. The Morgan fingerprint density at radius 2 is 1.48 bits per heavy atom. The molecule has 5 heteroatoms. The number of nitrogens with zero attached hydrogens (tertiary/aromatic N) is 1. The van der Waals surface area contributed by atoms with Crippen LogP contribution >= 0.6 is 0 Å². The van der Waals surface area contributed by atoms with Gasteiger partial charge in [0, 0.05) is 25.7 Å². The summed E-state index contributed by atoms with van der Waals surface area (Å²) >= 11 is 0. The van der Waals surface area contributed by atoms with Crippen LogP contribution in [0.1, 0.15) is 29.5 Å². The van der Waals surface area contributed by atoms with Gasteiger partial charge < -0.3 is 15.8 Å². The van der Waals surface area contributed by atoms with Crippen molar-refractivity contribution in [2.75, 3.05) is 13.1 Å². The summed E-state index contributed by atoms with van der Waals surface area (Å²) in [5, 5.41) is 3.16. The minimum atomic E-state index is -0.552. The number of ether oxygens (including phenoxy) is 1.